The summed E-state index contributed by atoms with van der Waals surface area (Å²) in [6.45, 7) is 2.83. The molecule has 0 fully saturated rings. The van der Waals surface area contributed by atoms with Crippen molar-refractivity contribution in [1.29, 1.82) is 0 Å². The maximum absolute atomic E-state index is 5.50. The lowest BCUT2D eigenvalue weighted by Gasteiger charge is -1.92. The third kappa shape index (κ3) is 1.45. The van der Waals surface area contributed by atoms with E-state index in [1.807, 2.05) is 0 Å². The lowest BCUT2D eigenvalue weighted by Crippen LogP contribution is -2.02. The van der Waals surface area contributed by atoms with Gasteiger partial charge in [0, 0.05) is 16.6 Å². The third-order valence-electron chi connectivity index (χ3n) is 2.35. The molecule has 1 aromatic heterocycles. The average molecular weight is 174 g/mol. The van der Waals surface area contributed by atoms with Crippen molar-refractivity contribution in [3.63, 3.8) is 0 Å². The third-order valence-corrected chi connectivity index (χ3v) is 2.35. The highest BCUT2D eigenvalue weighted by molar-refractivity contribution is 5.83. The number of benzene rings is 1. The zero-order valence-electron chi connectivity index (χ0n) is 7.80. The summed E-state index contributed by atoms with van der Waals surface area (Å²) in [6, 6.07) is 8.49. The minimum atomic E-state index is 0.700. The van der Waals surface area contributed by atoms with E-state index in [9.17, 15) is 0 Å². The van der Waals surface area contributed by atoms with Gasteiger partial charge in [0.15, 0.2) is 0 Å². The van der Waals surface area contributed by atoms with Gasteiger partial charge >= 0.3 is 0 Å². The molecule has 2 heteroatoms. The van der Waals surface area contributed by atoms with Crippen LogP contribution in [0, 0.1) is 6.92 Å². The van der Waals surface area contributed by atoms with Crippen LogP contribution in [0.3, 0.4) is 0 Å². The van der Waals surface area contributed by atoms with Gasteiger partial charge in [0.05, 0.1) is 0 Å². The second kappa shape index (κ2) is 3.23. The maximum atomic E-state index is 5.50. The van der Waals surface area contributed by atoms with Gasteiger partial charge < -0.3 is 10.7 Å². The van der Waals surface area contributed by atoms with Gasteiger partial charge in [-0.15, -0.1) is 0 Å². The van der Waals surface area contributed by atoms with Crippen LogP contribution in [0.15, 0.2) is 24.3 Å². The molecule has 0 radical (unpaired) electrons. The number of aromatic nitrogens is 1. The standard InChI is InChI=1S/C11H14N2/c1-8-3-2-4-11-10(8)7-9(13-11)5-6-12/h2-4,7,13H,5-6,12H2,1H3. The molecule has 2 aromatic rings. The van der Waals surface area contributed by atoms with E-state index in [-0.39, 0.29) is 0 Å². The molecule has 0 aliphatic heterocycles. The van der Waals surface area contributed by atoms with E-state index in [4.69, 9.17) is 5.73 Å². The minimum absolute atomic E-state index is 0.700. The van der Waals surface area contributed by atoms with E-state index in [2.05, 4.69) is 36.2 Å². The molecule has 0 amide bonds. The SMILES string of the molecule is Cc1cccc2[nH]c(CCN)cc12. The van der Waals surface area contributed by atoms with Crippen LogP contribution < -0.4 is 5.73 Å². The zero-order chi connectivity index (χ0) is 9.26. The predicted octanol–water partition coefficient (Wildman–Crippen LogP) is 1.98. The van der Waals surface area contributed by atoms with Crippen molar-refractivity contribution >= 4 is 10.9 Å². The zero-order valence-corrected chi connectivity index (χ0v) is 7.80. The van der Waals surface area contributed by atoms with Crippen LogP contribution in [0.5, 0.6) is 0 Å². The summed E-state index contributed by atoms with van der Waals surface area (Å²) < 4.78 is 0. The van der Waals surface area contributed by atoms with Crippen LogP contribution in [0.4, 0.5) is 0 Å². The number of H-pyrrole nitrogens is 1. The number of aryl methyl sites for hydroxylation is 1. The van der Waals surface area contributed by atoms with E-state index in [1.165, 1.54) is 22.2 Å². The number of hydrogen-bond donors (Lipinski definition) is 2. The number of hydrogen-bond acceptors (Lipinski definition) is 1. The Bertz CT molecular complexity index is 415. The molecule has 0 aliphatic carbocycles. The Kier molecular flexibility index (Phi) is 2.07. The maximum Gasteiger partial charge on any atom is 0.0458 e. The highest BCUT2D eigenvalue weighted by atomic mass is 14.7. The Balaban J connectivity index is 2.55. The second-order valence-corrected chi connectivity index (χ2v) is 3.37. The van der Waals surface area contributed by atoms with Crippen molar-refractivity contribution < 1.29 is 0 Å². The normalized spacial score (nSPS) is 10.9. The first-order valence-electron chi connectivity index (χ1n) is 4.58. The molecule has 0 saturated heterocycles. The van der Waals surface area contributed by atoms with Crippen molar-refractivity contribution in [3.05, 3.63) is 35.5 Å². The molecule has 13 heavy (non-hydrogen) atoms. The van der Waals surface area contributed by atoms with E-state index < -0.39 is 0 Å². The summed E-state index contributed by atoms with van der Waals surface area (Å²) in [5.74, 6) is 0. The Hall–Kier alpha value is -1.28. The fraction of sp³-hybridized carbons (Fsp3) is 0.273. The molecule has 0 atom stereocenters. The number of aromatic amines is 1. The van der Waals surface area contributed by atoms with Crippen molar-refractivity contribution in [2.45, 2.75) is 13.3 Å². The van der Waals surface area contributed by atoms with Crippen LogP contribution in [-0.2, 0) is 6.42 Å². The summed E-state index contributed by atoms with van der Waals surface area (Å²) in [4.78, 5) is 3.36. The molecule has 1 heterocycles. The summed E-state index contributed by atoms with van der Waals surface area (Å²) in [5.41, 5.74) is 9.26. The van der Waals surface area contributed by atoms with Gasteiger partial charge in [-0.25, -0.2) is 0 Å². The summed E-state index contributed by atoms with van der Waals surface area (Å²) in [6.07, 6.45) is 0.925. The second-order valence-electron chi connectivity index (χ2n) is 3.37. The first-order valence-corrected chi connectivity index (χ1v) is 4.58. The molecule has 2 rings (SSSR count). The molecule has 0 saturated carbocycles. The van der Waals surface area contributed by atoms with Gasteiger partial charge in [-0.2, -0.15) is 0 Å². The molecule has 1 aromatic carbocycles. The Morgan fingerprint density at radius 1 is 1.38 bits per heavy atom. The quantitative estimate of drug-likeness (QED) is 0.718. The lowest BCUT2D eigenvalue weighted by atomic mass is 10.1. The van der Waals surface area contributed by atoms with Crippen LogP contribution in [-0.4, -0.2) is 11.5 Å². The largest absolute Gasteiger partial charge is 0.358 e. The fourth-order valence-corrected chi connectivity index (χ4v) is 1.65. The molecule has 2 nitrogen and oxygen atoms in total. The molecule has 0 bridgehead atoms. The van der Waals surface area contributed by atoms with E-state index >= 15 is 0 Å². The molecule has 0 spiro atoms. The van der Waals surface area contributed by atoms with Crippen molar-refractivity contribution in [3.8, 4) is 0 Å². The molecule has 0 unspecified atom stereocenters. The highest BCUT2D eigenvalue weighted by Gasteiger charge is 2.00. The van der Waals surface area contributed by atoms with Gasteiger partial charge in [0.1, 0.15) is 0 Å². The van der Waals surface area contributed by atoms with Gasteiger partial charge in [-0.05, 0) is 37.6 Å². The van der Waals surface area contributed by atoms with Gasteiger partial charge in [-0.3, -0.25) is 0 Å². The fourth-order valence-electron chi connectivity index (χ4n) is 1.65. The smallest absolute Gasteiger partial charge is 0.0458 e. The Morgan fingerprint density at radius 2 is 2.23 bits per heavy atom. The average Bonchev–Trinajstić information content (AvgIpc) is 2.49. The van der Waals surface area contributed by atoms with Gasteiger partial charge in [0.2, 0.25) is 0 Å². The molecule has 3 N–H and O–H groups in total. The summed E-state index contributed by atoms with van der Waals surface area (Å²) in [5, 5.41) is 1.31. The number of fused-ring (bicyclic) bond motifs is 1. The van der Waals surface area contributed by atoms with Crippen molar-refractivity contribution in [2.24, 2.45) is 5.73 Å². The monoisotopic (exact) mass is 174 g/mol. The number of nitrogens with one attached hydrogen (secondary N) is 1. The Morgan fingerprint density at radius 3 is 2.92 bits per heavy atom. The first-order chi connectivity index (χ1) is 6.31. The number of rotatable bonds is 2. The van der Waals surface area contributed by atoms with Crippen LogP contribution in [0.1, 0.15) is 11.3 Å². The predicted molar refractivity (Wildman–Crippen MR) is 55.8 cm³/mol. The van der Waals surface area contributed by atoms with Crippen LogP contribution in [0.2, 0.25) is 0 Å². The Labute approximate surface area is 77.8 Å². The van der Waals surface area contributed by atoms with E-state index in [0.717, 1.165) is 6.42 Å². The number of nitrogens with two attached hydrogens (primary N) is 1. The molecule has 0 aliphatic rings. The van der Waals surface area contributed by atoms with Crippen LogP contribution >= 0.6 is 0 Å². The van der Waals surface area contributed by atoms with Crippen molar-refractivity contribution in [2.75, 3.05) is 6.54 Å². The lowest BCUT2D eigenvalue weighted by molar-refractivity contribution is 0.940. The summed E-state index contributed by atoms with van der Waals surface area (Å²) >= 11 is 0. The minimum Gasteiger partial charge on any atom is -0.358 e. The van der Waals surface area contributed by atoms with E-state index in [1.54, 1.807) is 0 Å². The molecular formula is C11H14N2. The van der Waals surface area contributed by atoms with Crippen molar-refractivity contribution in [1.82, 2.24) is 4.98 Å². The van der Waals surface area contributed by atoms with Crippen LogP contribution in [0.25, 0.3) is 10.9 Å². The van der Waals surface area contributed by atoms with Gasteiger partial charge in [-0.1, -0.05) is 12.1 Å². The molecular weight excluding hydrogens is 160 g/mol. The summed E-state index contributed by atoms with van der Waals surface area (Å²) in [7, 11) is 0. The van der Waals surface area contributed by atoms with Gasteiger partial charge in [0.25, 0.3) is 0 Å². The first kappa shape index (κ1) is 8.32. The topological polar surface area (TPSA) is 41.8 Å². The molecule has 68 valence electrons. The van der Waals surface area contributed by atoms with E-state index in [0.29, 0.717) is 6.54 Å². The highest BCUT2D eigenvalue weighted by Crippen LogP contribution is 2.18.